The number of aromatic carboxylic acids is 1. The lowest BCUT2D eigenvalue weighted by Gasteiger charge is -2.25. The van der Waals surface area contributed by atoms with Crippen molar-refractivity contribution >= 4 is 21.7 Å². The van der Waals surface area contributed by atoms with Crippen LogP contribution >= 0.6 is 0 Å². The van der Waals surface area contributed by atoms with Crippen LogP contribution in [0.15, 0.2) is 29.7 Å². The summed E-state index contributed by atoms with van der Waals surface area (Å²) >= 11 is 0. The molecule has 0 spiro atoms. The van der Waals surface area contributed by atoms with Gasteiger partial charge in [-0.3, -0.25) is 4.79 Å². The molecule has 0 saturated heterocycles. The quantitative estimate of drug-likeness (QED) is 0.792. The van der Waals surface area contributed by atoms with Crippen molar-refractivity contribution in [3.63, 3.8) is 0 Å². The molecule has 1 saturated carbocycles. The van der Waals surface area contributed by atoms with Crippen molar-refractivity contribution in [3.05, 3.63) is 40.8 Å². The molecular weight excluding hydrogens is 346 g/mol. The number of ether oxygens (including phenoxy) is 1. The van der Waals surface area contributed by atoms with Crippen LogP contribution in [-0.2, 0) is 9.84 Å². The maximum Gasteiger partial charge on any atom is 0.335 e. The van der Waals surface area contributed by atoms with Crippen molar-refractivity contribution in [2.45, 2.75) is 25.3 Å². The fourth-order valence-corrected chi connectivity index (χ4v) is 3.96. The molecule has 2 N–H and O–H groups in total. The zero-order chi connectivity index (χ0) is 18.0. The smallest absolute Gasteiger partial charge is 0.335 e. The molecule has 1 aromatic carbocycles. The molecular formula is C17H19NO6S. The van der Waals surface area contributed by atoms with Gasteiger partial charge in [-0.2, -0.15) is 0 Å². The summed E-state index contributed by atoms with van der Waals surface area (Å²) in [4.78, 5) is 23.6. The number of carboxylic acid groups (broad SMARTS) is 1. The molecule has 3 rings (SSSR count). The molecule has 7 nitrogen and oxygen atoms in total. The van der Waals surface area contributed by atoms with Gasteiger partial charge in [-0.1, -0.05) is 6.42 Å². The largest absolute Gasteiger partial charge is 0.493 e. The highest BCUT2D eigenvalue weighted by Crippen LogP contribution is 2.27. The van der Waals surface area contributed by atoms with Gasteiger partial charge in [-0.25, -0.2) is 13.2 Å². The molecule has 2 aliphatic rings. The van der Waals surface area contributed by atoms with Crippen LogP contribution in [0.3, 0.4) is 0 Å². The third-order valence-corrected chi connectivity index (χ3v) is 5.77. The second-order valence-electron chi connectivity index (χ2n) is 6.40. The minimum atomic E-state index is -3.28. The third-order valence-electron chi connectivity index (χ3n) is 4.37. The van der Waals surface area contributed by atoms with Crippen molar-refractivity contribution in [2.24, 2.45) is 5.92 Å². The Morgan fingerprint density at radius 1 is 1.20 bits per heavy atom. The predicted molar refractivity (Wildman–Crippen MR) is 90.4 cm³/mol. The van der Waals surface area contributed by atoms with Crippen molar-refractivity contribution in [2.75, 3.05) is 12.4 Å². The summed E-state index contributed by atoms with van der Waals surface area (Å²) in [6.07, 6.45) is 4.76. The summed E-state index contributed by atoms with van der Waals surface area (Å²) in [5.74, 6) is -1.09. The van der Waals surface area contributed by atoms with E-state index in [1.165, 1.54) is 30.7 Å². The molecule has 0 bridgehead atoms. The number of rotatable bonds is 6. The number of benzene rings is 1. The van der Waals surface area contributed by atoms with E-state index in [4.69, 9.17) is 4.74 Å². The molecule has 1 amide bonds. The first-order valence-corrected chi connectivity index (χ1v) is 9.77. The number of carbonyl (C=O) groups is 2. The number of nitrogens with one attached hydrogen (secondary N) is 1. The second-order valence-corrected chi connectivity index (χ2v) is 8.33. The Balaban J connectivity index is 1.74. The lowest BCUT2D eigenvalue weighted by atomic mass is 9.86. The summed E-state index contributed by atoms with van der Waals surface area (Å²) in [5, 5.41) is 12.9. The fraction of sp³-hybridized carbons (Fsp3) is 0.412. The molecule has 1 aliphatic heterocycles. The minimum absolute atomic E-state index is 0.0501. The average molecular weight is 365 g/mol. The van der Waals surface area contributed by atoms with Crippen molar-refractivity contribution < 1.29 is 27.9 Å². The van der Waals surface area contributed by atoms with Gasteiger partial charge in [0, 0.05) is 11.0 Å². The van der Waals surface area contributed by atoms with Crippen molar-refractivity contribution in [3.8, 4) is 5.75 Å². The van der Waals surface area contributed by atoms with Gasteiger partial charge in [0.2, 0.25) is 0 Å². The number of sulfone groups is 1. The van der Waals surface area contributed by atoms with Crippen LogP contribution in [0.25, 0.3) is 0 Å². The Bertz CT molecular complexity index is 826. The van der Waals surface area contributed by atoms with Crippen LogP contribution in [0.5, 0.6) is 5.75 Å². The number of amides is 1. The van der Waals surface area contributed by atoms with E-state index < -0.39 is 27.8 Å². The summed E-state index contributed by atoms with van der Waals surface area (Å²) in [7, 11) is -3.28. The van der Waals surface area contributed by atoms with Crippen molar-refractivity contribution in [1.82, 2.24) is 5.32 Å². The standard InChI is InChI=1S/C17H19NO6S/c19-16(18-14-4-5-25(22,23)10-14)12-6-13(17(20)21)8-15(7-12)24-9-11-2-1-3-11/h4-8,11,14H,1-3,9-10H2,(H,18,19)(H,20,21)/t14-/m1/s1. The van der Waals surface area contributed by atoms with E-state index in [0.717, 1.165) is 18.2 Å². The average Bonchev–Trinajstić information content (AvgIpc) is 2.84. The second kappa shape index (κ2) is 6.87. The minimum Gasteiger partial charge on any atom is -0.493 e. The SMILES string of the molecule is O=C(O)c1cc(OCC2CCC2)cc(C(=O)N[C@@H]2C=CS(=O)(=O)C2)c1. The molecule has 1 heterocycles. The normalized spacial score (nSPS) is 21.5. The highest BCUT2D eigenvalue weighted by molar-refractivity contribution is 7.94. The molecule has 0 radical (unpaired) electrons. The summed E-state index contributed by atoms with van der Waals surface area (Å²) in [5.41, 5.74) is 0.0760. The molecule has 8 heteroatoms. The van der Waals surface area contributed by atoms with E-state index in [1.54, 1.807) is 0 Å². The summed E-state index contributed by atoms with van der Waals surface area (Å²) in [6.45, 7) is 0.494. The third kappa shape index (κ3) is 4.39. The maximum atomic E-state index is 12.4. The van der Waals surface area contributed by atoms with Gasteiger partial charge < -0.3 is 15.2 Å². The van der Waals surface area contributed by atoms with Crippen LogP contribution in [0.1, 0.15) is 40.0 Å². The fourth-order valence-electron chi connectivity index (χ4n) is 2.73. The number of carboxylic acids is 1. The molecule has 1 aromatic rings. The molecule has 25 heavy (non-hydrogen) atoms. The first kappa shape index (κ1) is 17.5. The van der Waals surface area contributed by atoms with Gasteiger partial charge in [-0.05, 0) is 43.0 Å². The molecule has 1 atom stereocenters. The number of carbonyl (C=O) groups excluding carboxylic acids is 1. The molecule has 1 aliphatic carbocycles. The van der Waals surface area contributed by atoms with Gasteiger partial charge in [0.25, 0.3) is 5.91 Å². The Kier molecular flexibility index (Phi) is 4.80. The maximum absolute atomic E-state index is 12.4. The first-order valence-electron chi connectivity index (χ1n) is 8.05. The van der Waals surface area contributed by atoms with Gasteiger partial charge >= 0.3 is 5.97 Å². The van der Waals surface area contributed by atoms with Gasteiger partial charge in [0.05, 0.1) is 24.0 Å². The zero-order valence-electron chi connectivity index (χ0n) is 13.5. The van der Waals surface area contributed by atoms with Gasteiger partial charge in [0.1, 0.15) is 5.75 Å². The Morgan fingerprint density at radius 3 is 2.48 bits per heavy atom. The Labute approximate surface area is 145 Å². The van der Waals surface area contributed by atoms with Crippen LogP contribution in [0.4, 0.5) is 0 Å². The van der Waals surface area contributed by atoms with E-state index in [9.17, 15) is 23.1 Å². The van der Waals surface area contributed by atoms with E-state index in [-0.39, 0.29) is 16.9 Å². The summed E-state index contributed by atoms with van der Waals surface area (Å²) < 4.78 is 28.4. The van der Waals surface area contributed by atoms with E-state index in [0.29, 0.717) is 18.3 Å². The topological polar surface area (TPSA) is 110 Å². The predicted octanol–water partition coefficient (Wildman–Crippen LogP) is 1.60. The van der Waals surface area contributed by atoms with Crippen LogP contribution < -0.4 is 10.1 Å². The van der Waals surface area contributed by atoms with E-state index in [1.807, 2.05) is 0 Å². The molecule has 1 fully saturated rings. The van der Waals surface area contributed by atoms with Crippen LogP contribution in [0.2, 0.25) is 0 Å². The highest BCUT2D eigenvalue weighted by Gasteiger charge is 2.24. The lowest BCUT2D eigenvalue weighted by molar-refractivity contribution is 0.0696. The van der Waals surface area contributed by atoms with E-state index >= 15 is 0 Å². The van der Waals surface area contributed by atoms with Crippen molar-refractivity contribution in [1.29, 1.82) is 0 Å². The van der Waals surface area contributed by atoms with E-state index in [2.05, 4.69) is 5.32 Å². The number of hydrogen-bond donors (Lipinski definition) is 2. The molecule has 134 valence electrons. The van der Waals surface area contributed by atoms with Gasteiger partial charge in [-0.15, -0.1) is 0 Å². The number of hydrogen-bond acceptors (Lipinski definition) is 5. The Hall–Kier alpha value is -2.35. The highest BCUT2D eigenvalue weighted by atomic mass is 32.2. The Morgan fingerprint density at radius 2 is 1.92 bits per heavy atom. The van der Waals surface area contributed by atoms with Crippen LogP contribution in [0, 0.1) is 5.92 Å². The molecule has 0 unspecified atom stereocenters. The van der Waals surface area contributed by atoms with Crippen LogP contribution in [-0.4, -0.2) is 43.8 Å². The monoisotopic (exact) mass is 365 g/mol. The lowest BCUT2D eigenvalue weighted by Crippen LogP contribution is -2.35. The zero-order valence-corrected chi connectivity index (χ0v) is 14.3. The molecule has 0 aromatic heterocycles. The van der Waals surface area contributed by atoms with Gasteiger partial charge in [0.15, 0.2) is 9.84 Å². The first-order chi connectivity index (χ1) is 11.8. The summed E-state index contributed by atoms with van der Waals surface area (Å²) in [6, 6.07) is 3.50.